The number of nitrogens with two attached hydrogens (primary N) is 1. The quantitative estimate of drug-likeness (QED) is 0.198. The van der Waals surface area contributed by atoms with Crippen LogP contribution in [0.2, 0.25) is 0 Å². The topological polar surface area (TPSA) is 127 Å². The molecule has 3 aromatic rings. The van der Waals surface area contributed by atoms with Crippen molar-refractivity contribution in [3.05, 3.63) is 83.5 Å². The van der Waals surface area contributed by atoms with Gasteiger partial charge in [-0.3, -0.25) is 9.69 Å². The first kappa shape index (κ1) is 30.4. The predicted octanol–water partition coefficient (Wildman–Crippen LogP) is 3.82. The number of unbranched alkanes of at least 4 members (excludes halogenated alkanes) is 2. The Balaban J connectivity index is 1.20. The zero-order chi connectivity index (χ0) is 28.7. The number of ketones is 1. The normalized spacial score (nSPS) is 15.0. The number of aromatic nitrogens is 2. The number of alkyl carbamates (subject to hydrolysis) is 1. The van der Waals surface area contributed by atoms with Crippen LogP contribution in [0.3, 0.4) is 0 Å². The summed E-state index contributed by atoms with van der Waals surface area (Å²) in [4.78, 5) is 34.8. The number of hydrogen-bond acceptors (Lipinski definition) is 9. The number of nitrogens with one attached hydrogen (secondary N) is 1. The number of piperazine rings is 1. The molecular weight excluding hydrogens is 520 g/mol. The van der Waals surface area contributed by atoms with Gasteiger partial charge in [0, 0.05) is 26.2 Å². The molecule has 2 aromatic carbocycles. The van der Waals surface area contributed by atoms with Crippen LogP contribution in [0.5, 0.6) is 0 Å². The highest BCUT2D eigenvalue weighted by Crippen LogP contribution is 2.12. The molecule has 1 aliphatic heterocycles. The predicted molar refractivity (Wildman–Crippen MR) is 156 cm³/mol. The van der Waals surface area contributed by atoms with Gasteiger partial charge in [0.1, 0.15) is 6.61 Å². The number of carbonyl (C=O) groups excluding carboxylic acids is 2. The fourth-order valence-electron chi connectivity index (χ4n) is 4.92. The number of benzene rings is 2. The molecule has 0 radical (unpaired) electrons. The van der Waals surface area contributed by atoms with Crippen molar-refractivity contribution in [1.29, 1.82) is 0 Å². The molecule has 1 unspecified atom stereocenters. The maximum Gasteiger partial charge on any atom is 0.408 e. The van der Waals surface area contributed by atoms with Crippen molar-refractivity contribution < 1.29 is 18.8 Å². The summed E-state index contributed by atoms with van der Waals surface area (Å²) in [5, 5.41) is 6.61. The maximum absolute atomic E-state index is 13.2. The van der Waals surface area contributed by atoms with Crippen molar-refractivity contribution in [1.82, 2.24) is 25.3 Å². The van der Waals surface area contributed by atoms with Crippen molar-refractivity contribution in [3.8, 4) is 0 Å². The van der Waals surface area contributed by atoms with Gasteiger partial charge < -0.3 is 25.2 Å². The monoisotopic (exact) mass is 562 g/mol. The Labute approximate surface area is 242 Å². The molecular formula is C31H42N6O4. The molecule has 1 atom stereocenters. The summed E-state index contributed by atoms with van der Waals surface area (Å²) >= 11 is 0. The van der Waals surface area contributed by atoms with Gasteiger partial charge in [-0.1, -0.05) is 65.8 Å². The van der Waals surface area contributed by atoms with Crippen LogP contribution in [0, 0.1) is 0 Å². The number of nitrogens with zero attached hydrogens (tertiary/aromatic N) is 4. The van der Waals surface area contributed by atoms with E-state index in [1.807, 2.05) is 30.3 Å². The number of carbonyl (C=O) groups is 2. The van der Waals surface area contributed by atoms with Gasteiger partial charge in [-0.05, 0) is 62.7 Å². The second kappa shape index (κ2) is 16.6. The lowest BCUT2D eigenvalue weighted by Crippen LogP contribution is -2.46. The molecule has 41 heavy (non-hydrogen) atoms. The largest absolute Gasteiger partial charge is 0.445 e. The molecule has 0 aliphatic carbocycles. The Morgan fingerprint density at radius 2 is 1.59 bits per heavy atom. The van der Waals surface area contributed by atoms with E-state index in [1.165, 1.54) is 18.4 Å². The molecule has 2 heterocycles. The van der Waals surface area contributed by atoms with E-state index in [0.717, 1.165) is 51.1 Å². The highest BCUT2D eigenvalue weighted by molar-refractivity contribution is 5.98. The Morgan fingerprint density at radius 1 is 0.902 bits per heavy atom. The molecule has 1 aliphatic rings. The Morgan fingerprint density at radius 3 is 2.29 bits per heavy atom. The first-order valence-corrected chi connectivity index (χ1v) is 14.6. The lowest BCUT2D eigenvalue weighted by atomic mass is 10.0. The van der Waals surface area contributed by atoms with Gasteiger partial charge in [-0.15, -0.1) is 0 Å². The van der Waals surface area contributed by atoms with Crippen molar-refractivity contribution >= 4 is 11.9 Å². The van der Waals surface area contributed by atoms with Gasteiger partial charge in [0.2, 0.25) is 17.5 Å². The minimum Gasteiger partial charge on any atom is -0.445 e. The Hall–Kier alpha value is -3.60. The van der Waals surface area contributed by atoms with Gasteiger partial charge in [-0.2, -0.15) is 4.98 Å². The second-order valence-electron chi connectivity index (χ2n) is 10.5. The van der Waals surface area contributed by atoms with Gasteiger partial charge in [-0.25, -0.2) is 4.79 Å². The average molecular weight is 563 g/mol. The molecule has 1 aromatic heterocycles. The first-order chi connectivity index (χ1) is 20.1. The number of hydrogen-bond donors (Lipinski definition) is 2. The van der Waals surface area contributed by atoms with E-state index in [4.69, 9.17) is 15.0 Å². The summed E-state index contributed by atoms with van der Waals surface area (Å²) < 4.78 is 10.7. The standard InChI is InChI=1S/C31H42N6O4/c32-17-9-7-16-27(33-31(39)40-24-26-14-5-2-6-15-26)29(38)30-34-28(41-35-30)23-37-21-19-36(20-22-37)18-10-8-13-25-11-3-1-4-12-25/h1-6,11-12,14-15,27H,7-10,13,16-24,32H2,(H,33,39). The second-order valence-corrected chi connectivity index (χ2v) is 10.5. The molecule has 1 amide bonds. The number of aryl methyl sites for hydroxylation is 1. The zero-order valence-electron chi connectivity index (χ0n) is 23.7. The lowest BCUT2D eigenvalue weighted by Gasteiger charge is -2.33. The molecule has 0 saturated carbocycles. The van der Waals surface area contributed by atoms with Gasteiger partial charge >= 0.3 is 6.09 Å². The molecule has 0 spiro atoms. The van der Waals surface area contributed by atoms with Crippen LogP contribution >= 0.6 is 0 Å². The summed E-state index contributed by atoms with van der Waals surface area (Å²) in [5.41, 5.74) is 7.88. The third-order valence-electron chi connectivity index (χ3n) is 7.31. The van der Waals surface area contributed by atoms with Crippen LogP contribution in [-0.4, -0.2) is 77.1 Å². The molecule has 4 rings (SSSR count). The molecule has 3 N–H and O–H groups in total. The van der Waals surface area contributed by atoms with Crippen LogP contribution in [0.15, 0.2) is 65.2 Å². The number of amides is 1. The zero-order valence-corrected chi connectivity index (χ0v) is 23.7. The van der Waals surface area contributed by atoms with Gasteiger partial charge in [0.15, 0.2) is 0 Å². The van der Waals surface area contributed by atoms with Crippen molar-refractivity contribution in [2.45, 2.75) is 57.7 Å². The van der Waals surface area contributed by atoms with E-state index in [-0.39, 0.29) is 12.4 Å². The van der Waals surface area contributed by atoms with Crippen LogP contribution in [0.25, 0.3) is 0 Å². The Bertz CT molecular complexity index is 1180. The van der Waals surface area contributed by atoms with Crippen molar-refractivity contribution in [2.75, 3.05) is 39.3 Å². The van der Waals surface area contributed by atoms with E-state index in [9.17, 15) is 9.59 Å². The SMILES string of the molecule is NCCCCC(NC(=O)OCc1ccccc1)C(=O)c1noc(CN2CCN(CCCCc3ccccc3)CC2)n1. The summed E-state index contributed by atoms with van der Waals surface area (Å²) in [6, 6.07) is 19.2. The summed E-state index contributed by atoms with van der Waals surface area (Å²) in [7, 11) is 0. The number of ether oxygens (including phenoxy) is 1. The average Bonchev–Trinajstić information content (AvgIpc) is 3.48. The number of rotatable bonds is 16. The van der Waals surface area contributed by atoms with Gasteiger partial charge in [0.25, 0.3) is 0 Å². The van der Waals surface area contributed by atoms with E-state index in [1.54, 1.807) is 0 Å². The minimum absolute atomic E-state index is 0.0295. The fraction of sp³-hybridized carbons (Fsp3) is 0.484. The molecule has 10 heteroatoms. The highest BCUT2D eigenvalue weighted by atomic mass is 16.5. The lowest BCUT2D eigenvalue weighted by molar-refractivity contribution is 0.0896. The van der Waals surface area contributed by atoms with Crippen LogP contribution in [0.1, 0.15) is 59.7 Å². The van der Waals surface area contributed by atoms with Crippen LogP contribution in [0.4, 0.5) is 4.79 Å². The summed E-state index contributed by atoms with van der Waals surface area (Å²) in [5.74, 6) is -0.0239. The smallest absolute Gasteiger partial charge is 0.408 e. The van der Waals surface area contributed by atoms with Crippen LogP contribution < -0.4 is 11.1 Å². The molecule has 0 bridgehead atoms. The number of Topliss-reactive ketones (excluding diaryl/α,β-unsaturated/α-hetero) is 1. The van der Waals surface area contributed by atoms with Crippen LogP contribution in [-0.2, 0) is 24.3 Å². The van der Waals surface area contributed by atoms with Gasteiger partial charge in [0.05, 0.1) is 12.6 Å². The summed E-state index contributed by atoms with van der Waals surface area (Å²) in [6.45, 7) is 6.00. The molecule has 1 fully saturated rings. The van der Waals surface area contributed by atoms with E-state index in [0.29, 0.717) is 31.8 Å². The van der Waals surface area contributed by atoms with E-state index >= 15 is 0 Å². The van der Waals surface area contributed by atoms with Crippen molar-refractivity contribution in [3.63, 3.8) is 0 Å². The third kappa shape index (κ3) is 10.4. The minimum atomic E-state index is -0.819. The highest BCUT2D eigenvalue weighted by Gasteiger charge is 2.27. The summed E-state index contributed by atoms with van der Waals surface area (Å²) in [6.07, 6.45) is 4.65. The maximum atomic E-state index is 13.2. The Kier molecular flexibility index (Phi) is 12.3. The molecule has 1 saturated heterocycles. The molecule has 10 nitrogen and oxygen atoms in total. The fourth-order valence-corrected chi connectivity index (χ4v) is 4.92. The van der Waals surface area contributed by atoms with E-state index < -0.39 is 17.9 Å². The first-order valence-electron chi connectivity index (χ1n) is 14.6. The van der Waals surface area contributed by atoms with E-state index in [2.05, 4.69) is 55.6 Å². The molecule has 220 valence electrons. The van der Waals surface area contributed by atoms with Crippen molar-refractivity contribution in [2.24, 2.45) is 5.73 Å². The third-order valence-corrected chi connectivity index (χ3v) is 7.31.